The molecule has 3 aromatic carbocycles. The lowest BCUT2D eigenvalue weighted by Gasteiger charge is -2.45. The summed E-state index contributed by atoms with van der Waals surface area (Å²) in [5.74, 6) is 0.138. The molecule has 2 unspecified atom stereocenters. The summed E-state index contributed by atoms with van der Waals surface area (Å²) in [6, 6.07) is 23.3. The number of nitrogens with one attached hydrogen (secondary N) is 1. The third kappa shape index (κ3) is 5.40. The zero-order valence-electron chi connectivity index (χ0n) is 20.7. The van der Waals surface area contributed by atoms with Crippen LogP contribution in [0.1, 0.15) is 53.8 Å². The van der Waals surface area contributed by atoms with Crippen LogP contribution in [0.15, 0.2) is 83.7 Å². The normalized spacial score (nSPS) is 17.4. The van der Waals surface area contributed by atoms with Crippen LogP contribution in [0.5, 0.6) is 0 Å². The van der Waals surface area contributed by atoms with Crippen LogP contribution in [0.25, 0.3) is 10.8 Å². The molecule has 1 amide bonds. The number of halogens is 1. The Morgan fingerprint density at radius 1 is 1.08 bits per heavy atom. The number of imidazole rings is 1. The van der Waals surface area contributed by atoms with Crippen LogP contribution in [0.4, 0.5) is 0 Å². The number of carbonyl (C=O) groups excluding carboxylic acids is 1. The van der Waals surface area contributed by atoms with Gasteiger partial charge in [-0.3, -0.25) is 9.69 Å². The number of aromatic amines is 1. The molecule has 2 heterocycles. The van der Waals surface area contributed by atoms with E-state index in [-0.39, 0.29) is 11.9 Å². The Hall–Kier alpha value is -2.96. The van der Waals surface area contributed by atoms with Crippen LogP contribution in [-0.2, 0) is 6.42 Å². The van der Waals surface area contributed by atoms with Crippen molar-refractivity contribution in [2.24, 2.45) is 0 Å². The molecule has 0 aliphatic carbocycles. The van der Waals surface area contributed by atoms with Crippen LogP contribution in [0.3, 0.4) is 0 Å². The van der Waals surface area contributed by atoms with E-state index in [1.54, 1.807) is 6.33 Å². The van der Waals surface area contributed by atoms with Crippen molar-refractivity contribution in [2.75, 3.05) is 19.6 Å². The van der Waals surface area contributed by atoms with Gasteiger partial charge in [-0.15, -0.1) is 0 Å². The van der Waals surface area contributed by atoms with Crippen LogP contribution in [0, 0.1) is 0 Å². The summed E-state index contributed by atoms with van der Waals surface area (Å²) in [4.78, 5) is 26.1. The number of hydrogen-bond donors (Lipinski definition) is 1. The van der Waals surface area contributed by atoms with Gasteiger partial charge in [0, 0.05) is 41.9 Å². The van der Waals surface area contributed by atoms with Crippen LogP contribution >= 0.6 is 15.9 Å². The van der Waals surface area contributed by atoms with E-state index in [9.17, 15) is 4.79 Å². The highest BCUT2D eigenvalue weighted by Gasteiger charge is 2.35. The van der Waals surface area contributed by atoms with Crippen LogP contribution < -0.4 is 0 Å². The molecular formula is C30H33BrN4O. The van der Waals surface area contributed by atoms with E-state index >= 15 is 0 Å². The number of fused-ring (bicyclic) bond motifs is 1. The molecule has 1 aliphatic rings. The predicted octanol–water partition coefficient (Wildman–Crippen LogP) is 6.63. The summed E-state index contributed by atoms with van der Waals surface area (Å²) in [6.07, 6.45) is 7.98. The summed E-state index contributed by atoms with van der Waals surface area (Å²) in [5.41, 5.74) is 3.23. The monoisotopic (exact) mass is 544 g/mol. The molecule has 1 aromatic heterocycles. The number of rotatable bonds is 8. The highest BCUT2D eigenvalue weighted by molar-refractivity contribution is 9.10. The predicted molar refractivity (Wildman–Crippen MR) is 149 cm³/mol. The lowest BCUT2D eigenvalue weighted by molar-refractivity contribution is 0.0277. The highest BCUT2D eigenvalue weighted by atomic mass is 79.9. The van der Waals surface area contributed by atoms with Crippen molar-refractivity contribution in [1.29, 1.82) is 0 Å². The van der Waals surface area contributed by atoms with E-state index in [0.29, 0.717) is 6.04 Å². The van der Waals surface area contributed by atoms with Gasteiger partial charge in [0.2, 0.25) is 0 Å². The van der Waals surface area contributed by atoms with Crippen molar-refractivity contribution < 1.29 is 4.79 Å². The molecular weight excluding hydrogens is 512 g/mol. The molecule has 36 heavy (non-hydrogen) atoms. The van der Waals surface area contributed by atoms with Crippen molar-refractivity contribution >= 4 is 32.6 Å². The van der Waals surface area contributed by atoms with E-state index in [0.717, 1.165) is 71.8 Å². The maximum absolute atomic E-state index is 13.7. The minimum Gasteiger partial charge on any atom is -0.347 e. The van der Waals surface area contributed by atoms with Crippen LogP contribution in [-0.4, -0.2) is 51.4 Å². The maximum Gasteiger partial charge on any atom is 0.254 e. The van der Waals surface area contributed by atoms with Gasteiger partial charge in [-0.2, -0.15) is 0 Å². The Kier molecular flexibility index (Phi) is 7.83. The molecule has 5 nitrogen and oxygen atoms in total. The zero-order chi connectivity index (χ0) is 24.9. The highest BCUT2D eigenvalue weighted by Crippen LogP contribution is 2.31. The summed E-state index contributed by atoms with van der Waals surface area (Å²) in [5, 5.41) is 2.14. The largest absolute Gasteiger partial charge is 0.347 e. The molecule has 1 N–H and O–H groups in total. The van der Waals surface area contributed by atoms with Gasteiger partial charge in [0.25, 0.3) is 5.91 Å². The molecule has 0 spiro atoms. The quantitative estimate of drug-likeness (QED) is 0.271. The Balaban J connectivity index is 1.41. The number of amides is 1. The SMILES string of the molecule is CCCCC1CN(C(=O)c2cccc3ccccc23)CCN1C(Cc1ccc(Br)cc1)c1cnc[nH]1. The van der Waals surface area contributed by atoms with Crippen molar-refractivity contribution in [3.63, 3.8) is 0 Å². The second-order valence-electron chi connectivity index (χ2n) is 9.67. The number of piperazine rings is 1. The van der Waals surface area contributed by atoms with E-state index in [1.807, 2.05) is 30.5 Å². The maximum atomic E-state index is 13.7. The first-order valence-electron chi connectivity index (χ1n) is 12.9. The lowest BCUT2D eigenvalue weighted by Crippen LogP contribution is -2.56. The second kappa shape index (κ2) is 11.4. The average Bonchev–Trinajstić information content (AvgIpc) is 3.46. The van der Waals surface area contributed by atoms with Crippen molar-refractivity contribution in [1.82, 2.24) is 19.8 Å². The summed E-state index contributed by atoms with van der Waals surface area (Å²) < 4.78 is 1.09. The van der Waals surface area contributed by atoms with Gasteiger partial charge in [-0.05, 0) is 47.4 Å². The minimum atomic E-state index is 0.138. The standard InChI is InChI=1S/C30H33BrN4O/c1-2-3-9-25-20-34(30(36)27-11-6-8-23-7-4-5-10-26(23)27)16-17-35(25)29(28-19-32-21-33-28)18-22-12-14-24(31)15-13-22/h4-8,10-15,19,21,25,29H,2-3,9,16-18,20H2,1H3,(H,32,33). The Morgan fingerprint density at radius 2 is 1.89 bits per heavy atom. The minimum absolute atomic E-state index is 0.138. The van der Waals surface area contributed by atoms with E-state index < -0.39 is 0 Å². The Morgan fingerprint density at radius 3 is 2.67 bits per heavy atom. The number of nitrogens with zero attached hydrogens (tertiary/aromatic N) is 3. The van der Waals surface area contributed by atoms with Gasteiger partial charge in [-0.25, -0.2) is 4.98 Å². The molecule has 0 saturated carbocycles. The van der Waals surface area contributed by atoms with E-state index in [4.69, 9.17) is 0 Å². The fourth-order valence-electron chi connectivity index (χ4n) is 5.44. The molecule has 186 valence electrons. The molecule has 1 saturated heterocycles. The van der Waals surface area contributed by atoms with Crippen LogP contribution in [0.2, 0.25) is 0 Å². The molecule has 2 atom stereocenters. The van der Waals surface area contributed by atoms with E-state index in [2.05, 4.69) is 85.1 Å². The van der Waals surface area contributed by atoms with Gasteiger partial charge in [0.15, 0.2) is 0 Å². The number of unbranched alkanes of at least 4 members (excludes halogenated alkanes) is 1. The second-order valence-corrected chi connectivity index (χ2v) is 10.6. The van der Waals surface area contributed by atoms with Gasteiger partial charge < -0.3 is 9.88 Å². The number of carbonyl (C=O) groups is 1. The summed E-state index contributed by atoms with van der Waals surface area (Å²) in [7, 11) is 0. The van der Waals surface area contributed by atoms with Gasteiger partial charge in [-0.1, -0.05) is 84.2 Å². The molecule has 5 rings (SSSR count). The third-order valence-corrected chi connectivity index (χ3v) is 7.88. The Bertz CT molecular complexity index is 1280. The molecule has 4 aromatic rings. The molecule has 1 fully saturated rings. The van der Waals surface area contributed by atoms with Crippen molar-refractivity contribution in [3.8, 4) is 0 Å². The number of hydrogen-bond acceptors (Lipinski definition) is 3. The summed E-state index contributed by atoms with van der Waals surface area (Å²) >= 11 is 3.56. The number of H-pyrrole nitrogens is 1. The molecule has 6 heteroatoms. The topological polar surface area (TPSA) is 52.2 Å². The smallest absolute Gasteiger partial charge is 0.254 e. The van der Waals surface area contributed by atoms with Gasteiger partial charge in [0.05, 0.1) is 18.1 Å². The zero-order valence-corrected chi connectivity index (χ0v) is 22.3. The number of aromatic nitrogens is 2. The number of benzene rings is 3. The average molecular weight is 546 g/mol. The molecule has 1 aliphatic heterocycles. The first-order valence-corrected chi connectivity index (χ1v) is 13.7. The lowest BCUT2D eigenvalue weighted by atomic mass is 9.96. The van der Waals surface area contributed by atoms with Crippen molar-refractivity contribution in [2.45, 2.75) is 44.7 Å². The fraction of sp³-hybridized carbons (Fsp3) is 0.333. The Labute approximate surface area is 221 Å². The molecule has 0 radical (unpaired) electrons. The van der Waals surface area contributed by atoms with E-state index in [1.165, 1.54) is 5.56 Å². The fourth-order valence-corrected chi connectivity index (χ4v) is 5.71. The summed E-state index contributed by atoms with van der Waals surface area (Å²) in [6.45, 7) is 4.54. The van der Waals surface area contributed by atoms with Gasteiger partial charge >= 0.3 is 0 Å². The van der Waals surface area contributed by atoms with Gasteiger partial charge in [0.1, 0.15) is 0 Å². The molecule has 0 bridgehead atoms. The third-order valence-electron chi connectivity index (χ3n) is 7.35. The first-order chi connectivity index (χ1) is 17.6. The first kappa shape index (κ1) is 24.7. The van der Waals surface area contributed by atoms with Crippen molar-refractivity contribution in [3.05, 3.63) is 101 Å².